The maximum Gasteiger partial charge on any atom is 0.159 e. The Morgan fingerprint density at radius 1 is 0.931 bits per heavy atom. The number of hydrogen-bond acceptors (Lipinski definition) is 7. The topological polar surface area (TPSA) is 79.2 Å². The molecule has 7 heteroatoms. The van der Waals surface area contributed by atoms with E-state index in [1.165, 1.54) is 0 Å². The fourth-order valence-corrected chi connectivity index (χ4v) is 3.99. The van der Waals surface area contributed by atoms with Crippen molar-refractivity contribution >= 4 is 11.7 Å². The molecule has 1 fully saturated rings. The Morgan fingerprint density at radius 3 is 2.45 bits per heavy atom. The SMILES string of the molecule is c1ccc(-c2ncc(C3CN=C(C4CCN(c5cccnn5)CC4)N3)cn2)cc1. The van der Waals surface area contributed by atoms with Gasteiger partial charge in [-0.25, -0.2) is 9.97 Å². The van der Waals surface area contributed by atoms with Gasteiger partial charge in [0.05, 0.1) is 12.6 Å². The summed E-state index contributed by atoms with van der Waals surface area (Å²) in [5.74, 6) is 3.31. The quantitative estimate of drug-likeness (QED) is 0.744. The van der Waals surface area contributed by atoms with E-state index in [9.17, 15) is 0 Å². The van der Waals surface area contributed by atoms with Crippen molar-refractivity contribution in [3.8, 4) is 11.4 Å². The number of nitrogens with zero attached hydrogens (tertiary/aromatic N) is 6. The smallest absolute Gasteiger partial charge is 0.159 e. The molecular formula is C22H23N7. The molecule has 0 amide bonds. The van der Waals surface area contributed by atoms with Gasteiger partial charge in [0.1, 0.15) is 5.84 Å². The van der Waals surface area contributed by atoms with Crippen LogP contribution in [0.5, 0.6) is 0 Å². The molecule has 2 aliphatic heterocycles. The Hall–Kier alpha value is -3.35. The van der Waals surface area contributed by atoms with Crippen molar-refractivity contribution < 1.29 is 0 Å². The van der Waals surface area contributed by atoms with Crippen LogP contribution < -0.4 is 10.2 Å². The molecule has 1 aromatic carbocycles. The van der Waals surface area contributed by atoms with Crippen LogP contribution in [0.4, 0.5) is 5.82 Å². The van der Waals surface area contributed by atoms with Crippen LogP contribution >= 0.6 is 0 Å². The highest BCUT2D eigenvalue weighted by Crippen LogP contribution is 2.26. The Balaban J connectivity index is 1.19. The van der Waals surface area contributed by atoms with Crippen LogP contribution in [-0.4, -0.2) is 45.6 Å². The van der Waals surface area contributed by atoms with Crippen LogP contribution in [-0.2, 0) is 0 Å². The first-order valence-electron chi connectivity index (χ1n) is 10.1. The molecule has 1 atom stereocenters. The van der Waals surface area contributed by atoms with E-state index in [0.29, 0.717) is 5.92 Å². The molecule has 5 rings (SSSR count). The lowest BCUT2D eigenvalue weighted by Crippen LogP contribution is -2.40. The number of benzene rings is 1. The average Bonchev–Trinajstić information content (AvgIpc) is 3.31. The van der Waals surface area contributed by atoms with E-state index in [2.05, 4.69) is 30.4 Å². The van der Waals surface area contributed by atoms with E-state index in [0.717, 1.165) is 61.1 Å². The van der Waals surface area contributed by atoms with Gasteiger partial charge in [-0.1, -0.05) is 30.3 Å². The third-order valence-corrected chi connectivity index (χ3v) is 5.64. The Kier molecular flexibility index (Phi) is 4.86. The van der Waals surface area contributed by atoms with Gasteiger partial charge in [0.2, 0.25) is 0 Å². The number of hydrogen-bond donors (Lipinski definition) is 1. The van der Waals surface area contributed by atoms with Gasteiger partial charge in [0.15, 0.2) is 11.6 Å². The molecule has 1 N–H and O–H groups in total. The minimum atomic E-state index is 0.160. The standard InChI is InChI=1S/C22H23N7/c1-2-5-16(6-3-1)21-23-13-18(14-24-21)19-15-25-22(27-19)17-8-11-29(12-9-17)20-7-4-10-26-28-20/h1-7,10,13-14,17,19H,8-9,11-12,15H2,(H,25,27). The lowest BCUT2D eigenvalue weighted by atomic mass is 9.95. The van der Waals surface area contributed by atoms with Gasteiger partial charge in [0, 0.05) is 48.7 Å². The zero-order valence-corrected chi connectivity index (χ0v) is 16.1. The van der Waals surface area contributed by atoms with E-state index >= 15 is 0 Å². The third-order valence-electron chi connectivity index (χ3n) is 5.64. The summed E-state index contributed by atoms with van der Waals surface area (Å²) in [4.78, 5) is 16.2. The number of anilines is 1. The minimum absolute atomic E-state index is 0.160. The molecule has 0 radical (unpaired) electrons. The van der Waals surface area contributed by atoms with Gasteiger partial charge >= 0.3 is 0 Å². The zero-order chi connectivity index (χ0) is 19.5. The van der Waals surface area contributed by atoms with Gasteiger partial charge in [-0.15, -0.1) is 5.10 Å². The number of aromatic nitrogens is 4. The summed E-state index contributed by atoms with van der Waals surface area (Å²) in [6.07, 6.45) is 7.69. The Bertz CT molecular complexity index is 965. The predicted octanol–water partition coefficient (Wildman–Crippen LogP) is 2.89. The highest BCUT2D eigenvalue weighted by Gasteiger charge is 2.29. The summed E-state index contributed by atoms with van der Waals surface area (Å²) in [5, 5.41) is 11.8. The summed E-state index contributed by atoms with van der Waals surface area (Å²) in [6, 6.07) is 14.2. The van der Waals surface area contributed by atoms with Crippen molar-refractivity contribution in [2.24, 2.45) is 10.9 Å². The molecule has 0 bridgehead atoms. The van der Waals surface area contributed by atoms with Crippen LogP contribution in [0.1, 0.15) is 24.4 Å². The fourth-order valence-electron chi connectivity index (χ4n) is 3.99. The molecular weight excluding hydrogens is 362 g/mol. The second-order valence-corrected chi connectivity index (χ2v) is 7.47. The molecule has 2 aliphatic rings. The highest BCUT2D eigenvalue weighted by atomic mass is 15.3. The number of nitrogens with one attached hydrogen (secondary N) is 1. The predicted molar refractivity (Wildman–Crippen MR) is 113 cm³/mol. The normalized spacial score (nSPS) is 19.7. The lowest BCUT2D eigenvalue weighted by molar-refractivity contribution is 0.488. The molecule has 7 nitrogen and oxygen atoms in total. The first-order chi connectivity index (χ1) is 14.4. The van der Waals surface area contributed by atoms with Crippen molar-refractivity contribution in [1.29, 1.82) is 0 Å². The molecule has 2 aromatic heterocycles. The third kappa shape index (κ3) is 3.81. The fraction of sp³-hybridized carbons (Fsp3) is 0.318. The minimum Gasteiger partial charge on any atom is -0.365 e. The van der Waals surface area contributed by atoms with E-state index in [1.54, 1.807) is 6.20 Å². The van der Waals surface area contributed by atoms with Gasteiger partial charge in [-0.05, 0) is 25.0 Å². The van der Waals surface area contributed by atoms with Crippen LogP contribution in [0.2, 0.25) is 0 Å². The van der Waals surface area contributed by atoms with Crippen LogP contribution in [0.15, 0.2) is 66.0 Å². The lowest BCUT2D eigenvalue weighted by Gasteiger charge is -2.32. The van der Waals surface area contributed by atoms with Crippen molar-refractivity contribution in [3.05, 3.63) is 66.6 Å². The van der Waals surface area contributed by atoms with E-state index in [1.807, 2.05) is 54.9 Å². The van der Waals surface area contributed by atoms with E-state index in [4.69, 9.17) is 4.99 Å². The van der Waals surface area contributed by atoms with Crippen molar-refractivity contribution in [2.75, 3.05) is 24.5 Å². The van der Waals surface area contributed by atoms with Crippen molar-refractivity contribution in [1.82, 2.24) is 25.5 Å². The van der Waals surface area contributed by atoms with Crippen LogP contribution in [0.3, 0.4) is 0 Å². The van der Waals surface area contributed by atoms with Gasteiger partial charge < -0.3 is 10.2 Å². The van der Waals surface area contributed by atoms with Gasteiger partial charge in [0.25, 0.3) is 0 Å². The van der Waals surface area contributed by atoms with Crippen molar-refractivity contribution in [3.63, 3.8) is 0 Å². The maximum absolute atomic E-state index is 4.80. The van der Waals surface area contributed by atoms with Crippen LogP contribution in [0.25, 0.3) is 11.4 Å². The van der Waals surface area contributed by atoms with Gasteiger partial charge in [-0.3, -0.25) is 4.99 Å². The van der Waals surface area contributed by atoms with E-state index in [-0.39, 0.29) is 6.04 Å². The van der Waals surface area contributed by atoms with Crippen molar-refractivity contribution in [2.45, 2.75) is 18.9 Å². The van der Waals surface area contributed by atoms with Crippen LogP contribution in [0, 0.1) is 5.92 Å². The molecule has 0 spiro atoms. The molecule has 3 aromatic rings. The number of piperidine rings is 1. The summed E-state index contributed by atoms with van der Waals surface area (Å²) in [7, 11) is 0. The maximum atomic E-state index is 4.80. The monoisotopic (exact) mass is 385 g/mol. The molecule has 0 saturated carbocycles. The molecule has 29 heavy (non-hydrogen) atoms. The second-order valence-electron chi connectivity index (χ2n) is 7.47. The molecule has 0 aliphatic carbocycles. The Labute approximate surface area is 170 Å². The molecule has 146 valence electrons. The second kappa shape index (κ2) is 7.95. The van der Waals surface area contributed by atoms with Gasteiger partial charge in [-0.2, -0.15) is 5.10 Å². The first-order valence-corrected chi connectivity index (χ1v) is 10.1. The number of aliphatic imine (C=N–C) groups is 1. The summed E-state index contributed by atoms with van der Waals surface area (Å²) in [6.45, 7) is 2.70. The van der Waals surface area contributed by atoms with E-state index < -0.39 is 0 Å². The Morgan fingerprint density at radius 2 is 1.72 bits per heavy atom. The average molecular weight is 385 g/mol. The molecule has 4 heterocycles. The number of amidine groups is 1. The largest absolute Gasteiger partial charge is 0.365 e. The summed E-state index contributed by atoms with van der Waals surface area (Å²) in [5.41, 5.74) is 2.12. The summed E-state index contributed by atoms with van der Waals surface area (Å²) < 4.78 is 0. The number of rotatable bonds is 4. The summed E-state index contributed by atoms with van der Waals surface area (Å²) >= 11 is 0. The molecule has 1 unspecified atom stereocenters. The highest BCUT2D eigenvalue weighted by molar-refractivity contribution is 5.86. The first kappa shape index (κ1) is 17.7. The molecule has 1 saturated heterocycles. The zero-order valence-electron chi connectivity index (χ0n) is 16.1.